The van der Waals surface area contributed by atoms with Crippen molar-refractivity contribution in [1.82, 2.24) is 20.9 Å². The molecule has 2 aliphatic heterocycles. The lowest BCUT2D eigenvalue weighted by Gasteiger charge is -2.32. The van der Waals surface area contributed by atoms with Gasteiger partial charge in [-0.05, 0) is 25.8 Å². The lowest BCUT2D eigenvalue weighted by Crippen LogP contribution is -2.52. The maximum Gasteiger partial charge on any atom is 0.242 e. The topological polar surface area (TPSA) is 97.9 Å². The van der Waals surface area contributed by atoms with Crippen LogP contribution in [0.2, 0.25) is 0 Å². The molecule has 0 aromatic heterocycles. The van der Waals surface area contributed by atoms with Gasteiger partial charge in [0.1, 0.15) is 17.0 Å². The van der Waals surface area contributed by atoms with Crippen LogP contribution < -0.4 is 26.0 Å². The highest BCUT2D eigenvalue weighted by atomic mass is 35.5. The average molecular weight is 468 g/mol. The molecule has 2 heterocycles. The molecule has 2 atom stereocenters. The second-order valence-electron chi connectivity index (χ2n) is 8.32. The van der Waals surface area contributed by atoms with Crippen LogP contribution in [0.15, 0.2) is 47.0 Å². The number of hydrogen-bond donors (Lipinski definition) is 5. The third-order valence-corrected chi connectivity index (χ3v) is 5.87. The number of aliphatic hydroxyl groups is 1. The number of dihydropyridines is 1. The summed E-state index contributed by atoms with van der Waals surface area (Å²) in [5, 5.41) is 22.1. The number of nitrogens with zero attached hydrogens (tertiary/aromatic N) is 1. The summed E-state index contributed by atoms with van der Waals surface area (Å²) in [6.45, 7) is 1.81. The fraction of sp³-hybridized carbons (Fsp3) is 0.381. The molecule has 0 saturated heterocycles. The summed E-state index contributed by atoms with van der Waals surface area (Å²) in [5.74, 6) is -2.54. The lowest BCUT2D eigenvalue weighted by atomic mass is 10.00. The molecule has 3 aliphatic rings. The number of hydrogen-bond acceptors (Lipinski definition) is 7. The number of likely N-dealkylation sites (N-methyl/N-ethyl adjacent to an activating group) is 1. The van der Waals surface area contributed by atoms with Crippen molar-refractivity contribution < 1.29 is 23.4 Å². The van der Waals surface area contributed by atoms with Crippen molar-refractivity contribution >= 4 is 23.2 Å². The normalized spacial score (nSPS) is 23.5. The lowest BCUT2D eigenvalue weighted by molar-refractivity contribution is -0.133. The highest BCUT2D eigenvalue weighted by Gasteiger charge is 2.51. The molecule has 2 unspecified atom stereocenters. The minimum Gasteiger partial charge on any atom is -0.451 e. The molecule has 5 N–H and O–H groups in total. The molecule has 32 heavy (non-hydrogen) atoms. The van der Waals surface area contributed by atoms with Crippen molar-refractivity contribution in [2.45, 2.75) is 37.3 Å². The van der Waals surface area contributed by atoms with Crippen LogP contribution in [-0.2, 0) is 4.79 Å². The van der Waals surface area contributed by atoms with Crippen molar-refractivity contribution in [1.29, 1.82) is 0 Å². The Hall–Kier alpha value is -2.82. The molecule has 1 amide bonds. The predicted octanol–water partition coefficient (Wildman–Crippen LogP) is 2.01. The summed E-state index contributed by atoms with van der Waals surface area (Å²) < 4.78 is 35.0. The number of halogens is 3. The number of carbonyl (C=O) groups is 1. The Morgan fingerprint density at radius 3 is 2.53 bits per heavy atom. The molecule has 172 valence electrons. The Morgan fingerprint density at radius 1 is 1.28 bits per heavy atom. The minimum absolute atomic E-state index is 0.0238. The monoisotopic (exact) mass is 467 g/mol. The van der Waals surface area contributed by atoms with Gasteiger partial charge < -0.3 is 30.7 Å². The second kappa shape index (κ2) is 7.95. The molecule has 11 heteroatoms. The summed E-state index contributed by atoms with van der Waals surface area (Å²) in [4.78, 5) is 13.7. The van der Waals surface area contributed by atoms with E-state index in [0.717, 1.165) is 12.1 Å². The number of aliphatic hydroxyl groups excluding tert-OH is 1. The van der Waals surface area contributed by atoms with Crippen LogP contribution in [0.4, 0.5) is 14.5 Å². The average Bonchev–Trinajstić information content (AvgIpc) is 3.41. The Kier molecular flexibility index (Phi) is 5.56. The Morgan fingerprint density at radius 2 is 1.94 bits per heavy atom. The van der Waals surface area contributed by atoms with Gasteiger partial charge in [-0.1, -0.05) is 11.6 Å². The zero-order chi connectivity index (χ0) is 23.3. The van der Waals surface area contributed by atoms with Crippen LogP contribution >= 0.6 is 11.6 Å². The molecule has 1 aromatic carbocycles. The summed E-state index contributed by atoms with van der Waals surface area (Å²) in [7, 11) is 3.24. The quantitative estimate of drug-likeness (QED) is 0.391. The molecule has 1 fully saturated rings. The van der Waals surface area contributed by atoms with Gasteiger partial charge >= 0.3 is 0 Å². The summed E-state index contributed by atoms with van der Waals surface area (Å²) in [6.07, 6.45) is 4.41. The molecule has 4 rings (SSSR count). The van der Waals surface area contributed by atoms with Gasteiger partial charge in [0, 0.05) is 44.3 Å². The van der Waals surface area contributed by atoms with Gasteiger partial charge in [-0.2, -0.15) is 0 Å². The SMILES string of the molecule is CN(C)C(=O)C1(NC(O)Nc2cc(F)c(OC3=C4C(Cl)=CNC4(C)NC=C3)c(F)c2)CC1. The fourth-order valence-corrected chi connectivity index (χ4v) is 4.14. The van der Waals surface area contributed by atoms with Crippen molar-refractivity contribution in [3.63, 3.8) is 0 Å². The van der Waals surface area contributed by atoms with Crippen molar-refractivity contribution in [3.8, 4) is 5.75 Å². The Labute approximate surface area is 188 Å². The van der Waals surface area contributed by atoms with E-state index in [-0.39, 0.29) is 17.4 Å². The van der Waals surface area contributed by atoms with Gasteiger partial charge in [0.2, 0.25) is 5.91 Å². The summed E-state index contributed by atoms with van der Waals surface area (Å²) in [5.41, 5.74) is -1.14. The number of allylic oxidation sites excluding steroid dienone is 1. The minimum atomic E-state index is -1.39. The molecule has 0 radical (unpaired) electrons. The number of ether oxygens (including phenoxy) is 1. The van der Waals surface area contributed by atoms with E-state index in [1.54, 1.807) is 26.5 Å². The van der Waals surface area contributed by atoms with Crippen LogP contribution in [0.1, 0.15) is 19.8 Å². The highest BCUT2D eigenvalue weighted by molar-refractivity contribution is 6.32. The first-order valence-corrected chi connectivity index (χ1v) is 10.4. The van der Waals surface area contributed by atoms with Gasteiger partial charge in [0.05, 0.1) is 10.6 Å². The van der Waals surface area contributed by atoms with Crippen molar-refractivity contribution in [2.24, 2.45) is 0 Å². The number of rotatable bonds is 7. The molecule has 0 spiro atoms. The molecule has 0 bridgehead atoms. The predicted molar refractivity (Wildman–Crippen MR) is 115 cm³/mol. The molecular formula is C21H24ClF2N5O3. The molecule has 1 aromatic rings. The second-order valence-corrected chi connectivity index (χ2v) is 8.73. The maximum atomic E-state index is 14.7. The van der Waals surface area contributed by atoms with Crippen LogP contribution in [0.25, 0.3) is 0 Å². The highest BCUT2D eigenvalue weighted by Crippen LogP contribution is 2.39. The Bertz CT molecular complexity index is 1030. The number of benzene rings is 1. The first kappa shape index (κ1) is 22.4. The van der Waals surface area contributed by atoms with Gasteiger partial charge in [-0.3, -0.25) is 10.1 Å². The van der Waals surface area contributed by atoms with E-state index < -0.39 is 34.9 Å². The van der Waals surface area contributed by atoms with E-state index >= 15 is 0 Å². The van der Waals surface area contributed by atoms with Crippen molar-refractivity contribution in [2.75, 3.05) is 19.4 Å². The summed E-state index contributed by atoms with van der Waals surface area (Å²) >= 11 is 6.23. The number of anilines is 1. The first-order valence-electron chi connectivity index (χ1n) is 9.98. The summed E-state index contributed by atoms with van der Waals surface area (Å²) in [6, 6.07) is 1.99. The standard InChI is InChI=1S/C21H24ClF2N5O3/c1-20-16(12(22)10-26-20)15(4-7-25-20)32-17-13(23)8-11(9-14(17)24)27-19(31)28-21(5-6-21)18(30)29(2)3/h4,7-10,19,25-28,31H,5-6H2,1-3H3. The van der Waals surface area contributed by atoms with E-state index in [2.05, 4.69) is 21.3 Å². The molecule has 8 nitrogen and oxygen atoms in total. The molecule has 1 saturated carbocycles. The van der Waals surface area contributed by atoms with E-state index in [1.165, 1.54) is 11.0 Å². The van der Waals surface area contributed by atoms with Gasteiger partial charge in [-0.25, -0.2) is 8.78 Å². The number of carbonyl (C=O) groups excluding carboxylic acids is 1. The van der Waals surface area contributed by atoms with E-state index in [0.29, 0.717) is 23.4 Å². The van der Waals surface area contributed by atoms with Gasteiger partial charge in [0.25, 0.3) is 0 Å². The third kappa shape index (κ3) is 4.01. The van der Waals surface area contributed by atoms with E-state index in [9.17, 15) is 18.7 Å². The first-order chi connectivity index (χ1) is 15.0. The van der Waals surface area contributed by atoms with E-state index in [4.69, 9.17) is 16.3 Å². The number of fused-ring (bicyclic) bond motifs is 1. The zero-order valence-electron chi connectivity index (χ0n) is 17.7. The van der Waals surface area contributed by atoms with Crippen molar-refractivity contribution in [3.05, 3.63) is 58.6 Å². The number of nitrogens with one attached hydrogen (secondary N) is 4. The van der Waals surface area contributed by atoms with Crippen LogP contribution in [0, 0.1) is 11.6 Å². The largest absolute Gasteiger partial charge is 0.451 e. The van der Waals surface area contributed by atoms with Crippen LogP contribution in [0.3, 0.4) is 0 Å². The van der Waals surface area contributed by atoms with Crippen LogP contribution in [0.5, 0.6) is 5.75 Å². The van der Waals surface area contributed by atoms with E-state index in [1.807, 2.05) is 6.92 Å². The molecule has 1 aliphatic carbocycles. The molecular weight excluding hydrogens is 444 g/mol. The Balaban J connectivity index is 1.50. The van der Waals surface area contributed by atoms with Crippen LogP contribution in [-0.4, -0.2) is 47.6 Å². The number of amides is 1. The fourth-order valence-electron chi connectivity index (χ4n) is 3.80. The smallest absolute Gasteiger partial charge is 0.242 e. The van der Waals surface area contributed by atoms with Gasteiger partial charge in [-0.15, -0.1) is 0 Å². The third-order valence-electron chi connectivity index (χ3n) is 5.57. The van der Waals surface area contributed by atoms with Gasteiger partial charge in [0.15, 0.2) is 23.7 Å². The zero-order valence-corrected chi connectivity index (χ0v) is 18.5. The maximum absolute atomic E-state index is 14.7.